The summed E-state index contributed by atoms with van der Waals surface area (Å²) < 4.78 is 0. The Labute approximate surface area is 141 Å². The molecule has 1 fully saturated rings. The Hall–Kier alpha value is -2.33. The molecule has 0 atom stereocenters. The lowest BCUT2D eigenvalue weighted by Crippen LogP contribution is -2.49. The van der Waals surface area contributed by atoms with Crippen LogP contribution in [0.2, 0.25) is 5.02 Å². The van der Waals surface area contributed by atoms with Crippen molar-refractivity contribution in [2.75, 3.05) is 31.1 Å². The zero-order valence-corrected chi connectivity index (χ0v) is 13.5. The number of benzene rings is 1. The van der Waals surface area contributed by atoms with Gasteiger partial charge in [-0.3, -0.25) is 9.69 Å². The van der Waals surface area contributed by atoms with Crippen LogP contribution in [0.4, 0.5) is 5.82 Å². The van der Waals surface area contributed by atoms with Crippen LogP contribution in [-0.4, -0.2) is 37.0 Å². The van der Waals surface area contributed by atoms with E-state index in [0.717, 1.165) is 37.6 Å². The molecule has 1 aliphatic rings. The van der Waals surface area contributed by atoms with Crippen molar-refractivity contribution in [3.8, 4) is 0 Å². The highest BCUT2D eigenvalue weighted by Crippen LogP contribution is 2.13. The molecule has 0 unspecified atom stereocenters. The van der Waals surface area contributed by atoms with Gasteiger partial charge in [0.25, 0.3) is 5.82 Å². The Kier molecular flexibility index (Phi) is 4.93. The highest BCUT2D eigenvalue weighted by atomic mass is 35.5. The summed E-state index contributed by atoms with van der Waals surface area (Å²) >= 11 is 5.95. The molecule has 1 N–H and O–H groups in total. The van der Waals surface area contributed by atoms with Crippen molar-refractivity contribution in [2.45, 2.75) is 0 Å². The minimum atomic E-state index is 0.0432. The van der Waals surface area contributed by atoms with Gasteiger partial charge >= 0.3 is 0 Å². The van der Waals surface area contributed by atoms with Gasteiger partial charge < -0.3 is 4.90 Å². The first-order valence-electron chi connectivity index (χ1n) is 7.66. The standard InChI is InChI=1S/C18H18ClN3O/c19-16-5-3-4-15(14-16)7-8-18(23)22-12-10-21(11-13-22)17-6-1-2-9-20-17/h1-9,14H,10-13H2/p+1/b8-7+. The molecule has 2 aromatic rings. The first kappa shape index (κ1) is 15.6. The molecule has 1 aromatic carbocycles. The Morgan fingerprint density at radius 1 is 1.09 bits per heavy atom. The van der Waals surface area contributed by atoms with Gasteiger partial charge in [0.2, 0.25) is 5.91 Å². The number of halogens is 1. The monoisotopic (exact) mass is 328 g/mol. The Bertz CT molecular complexity index is 694. The summed E-state index contributed by atoms with van der Waals surface area (Å²) in [6.07, 6.45) is 5.35. The summed E-state index contributed by atoms with van der Waals surface area (Å²) in [4.78, 5) is 19.6. The van der Waals surface area contributed by atoms with Crippen LogP contribution in [0.3, 0.4) is 0 Å². The van der Waals surface area contributed by atoms with E-state index in [-0.39, 0.29) is 5.91 Å². The highest BCUT2D eigenvalue weighted by Gasteiger charge is 2.24. The van der Waals surface area contributed by atoms with Crippen LogP contribution in [-0.2, 0) is 4.79 Å². The molecule has 0 radical (unpaired) electrons. The number of nitrogens with one attached hydrogen (secondary N) is 1. The second-order valence-electron chi connectivity index (χ2n) is 5.45. The molecule has 0 bridgehead atoms. The van der Waals surface area contributed by atoms with E-state index in [0.29, 0.717) is 5.02 Å². The van der Waals surface area contributed by atoms with E-state index in [4.69, 9.17) is 11.6 Å². The Morgan fingerprint density at radius 3 is 2.61 bits per heavy atom. The second kappa shape index (κ2) is 7.29. The van der Waals surface area contributed by atoms with E-state index in [1.165, 1.54) is 0 Å². The van der Waals surface area contributed by atoms with Crippen molar-refractivity contribution in [3.63, 3.8) is 0 Å². The average molecular weight is 329 g/mol. The van der Waals surface area contributed by atoms with Gasteiger partial charge in [0.15, 0.2) is 0 Å². The molecule has 1 aliphatic heterocycles. The largest absolute Gasteiger partial charge is 0.331 e. The Balaban J connectivity index is 1.56. The lowest BCUT2D eigenvalue weighted by molar-refractivity contribution is -0.364. The maximum atomic E-state index is 12.3. The molecule has 0 saturated carbocycles. The maximum absolute atomic E-state index is 12.3. The van der Waals surface area contributed by atoms with E-state index in [2.05, 4.69) is 16.0 Å². The smallest absolute Gasteiger partial charge is 0.274 e. The van der Waals surface area contributed by atoms with Crippen molar-refractivity contribution in [2.24, 2.45) is 0 Å². The van der Waals surface area contributed by atoms with Gasteiger partial charge in [0.1, 0.15) is 13.1 Å². The summed E-state index contributed by atoms with van der Waals surface area (Å²) in [6, 6.07) is 13.5. The zero-order chi connectivity index (χ0) is 16.1. The lowest BCUT2D eigenvalue weighted by Gasteiger charge is -2.30. The number of nitrogens with zero attached hydrogens (tertiary/aromatic N) is 2. The van der Waals surface area contributed by atoms with Gasteiger partial charge in [-0.2, -0.15) is 0 Å². The van der Waals surface area contributed by atoms with Crippen LogP contribution >= 0.6 is 11.6 Å². The molecular formula is C18H19ClN3O+. The van der Waals surface area contributed by atoms with Crippen LogP contribution in [0.15, 0.2) is 54.7 Å². The minimum absolute atomic E-state index is 0.0432. The van der Waals surface area contributed by atoms with Gasteiger partial charge in [-0.1, -0.05) is 29.8 Å². The third-order valence-electron chi connectivity index (χ3n) is 3.89. The van der Waals surface area contributed by atoms with Crippen LogP contribution < -0.4 is 9.88 Å². The number of aromatic amines is 1. The number of amides is 1. The van der Waals surface area contributed by atoms with Crippen LogP contribution in [0.25, 0.3) is 6.08 Å². The highest BCUT2D eigenvalue weighted by molar-refractivity contribution is 6.30. The molecule has 3 rings (SSSR count). The first-order chi connectivity index (χ1) is 11.2. The number of pyridine rings is 1. The van der Waals surface area contributed by atoms with Crippen molar-refractivity contribution in [1.82, 2.24) is 4.90 Å². The topological polar surface area (TPSA) is 37.7 Å². The minimum Gasteiger partial charge on any atom is -0.331 e. The Morgan fingerprint density at radius 2 is 1.91 bits per heavy atom. The van der Waals surface area contributed by atoms with Crippen molar-refractivity contribution in [3.05, 3.63) is 65.3 Å². The van der Waals surface area contributed by atoms with E-state index < -0.39 is 0 Å². The van der Waals surface area contributed by atoms with E-state index in [1.54, 1.807) is 6.08 Å². The predicted molar refractivity (Wildman–Crippen MR) is 92.3 cm³/mol. The molecule has 5 heteroatoms. The van der Waals surface area contributed by atoms with Crippen molar-refractivity contribution < 1.29 is 9.78 Å². The number of carbonyl (C=O) groups is 1. The van der Waals surface area contributed by atoms with Crippen LogP contribution in [0.1, 0.15) is 5.56 Å². The second-order valence-corrected chi connectivity index (χ2v) is 5.88. The van der Waals surface area contributed by atoms with Gasteiger partial charge in [0.05, 0.1) is 19.3 Å². The molecule has 1 saturated heterocycles. The number of H-pyrrole nitrogens is 1. The van der Waals surface area contributed by atoms with Crippen molar-refractivity contribution in [1.29, 1.82) is 0 Å². The van der Waals surface area contributed by atoms with E-state index >= 15 is 0 Å². The fourth-order valence-electron chi connectivity index (χ4n) is 2.63. The number of anilines is 1. The SMILES string of the molecule is O=C(/C=C/c1cccc(Cl)c1)N1CCN(c2cccc[nH+]2)CC1. The van der Waals surface area contributed by atoms with Gasteiger partial charge in [0, 0.05) is 17.2 Å². The zero-order valence-electron chi connectivity index (χ0n) is 12.8. The quantitative estimate of drug-likeness (QED) is 0.812. The number of rotatable bonds is 3. The summed E-state index contributed by atoms with van der Waals surface area (Å²) in [5, 5.41) is 0.673. The van der Waals surface area contributed by atoms with Gasteiger partial charge in [-0.25, -0.2) is 4.98 Å². The third-order valence-corrected chi connectivity index (χ3v) is 4.13. The number of hydrogen-bond donors (Lipinski definition) is 0. The molecule has 0 spiro atoms. The number of aromatic nitrogens is 1. The van der Waals surface area contributed by atoms with E-state index in [1.807, 2.05) is 53.6 Å². The molecule has 0 aliphatic carbocycles. The summed E-state index contributed by atoms with van der Waals surface area (Å²) in [5.41, 5.74) is 0.934. The predicted octanol–water partition coefficient (Wildman–Crippen LogP) is 2.52. The summed E-state index contributed by atoms with van der Waals surface area (Å²) in [7, 11) is 0. The first-order valence-corrected chi connectivity index (χ1v) is 8.04. The number of hydrogen-bond acceptors (Lipinski definition) is 2. The van der Waals surface area contributed by atoms with Crippen molar-refractivity contribution >= 4 is 29.4 Å². The molecule has 23 heavy (non-hydrogen) atoms. The van der Waals surface area contributed by atoms with Crippen LogP contribution in [0, 0.1) is 0 Å². The number of carbonyl (C=O) groups excluding carboxylic acids is 1. The molecule has 2 heterocycles. The molecule has 1 amide bonds. The molecule has 1 aromatic heterocycles. The third kappa shape index (κ3) is 4.11. The summed E-state index contributed by atoms with van der Waals surface area (Å²) in [5.74, 6) is 1.13. The lowest BCUT2D eigenvalue weighted by atomic mass is 10.2. The van der Waals surface area contributed by atoms with Crippen LogP contribution in [0.5, 0.6) is 0 Å². The van der Waals surface area contributed by atoms with E-state index in [9.17, 15) is 4.79 Å². The van der Waals surface area contributed by atoms with Gasteiger partial charge in [-0.15, -0.1) is 0 Å². The van der Waals surface area contributed by atoms with Gasteiger partial charge in [-0.05, 0) is 29.8 Å². The maximum Gasteiger partial charge on any atom is 0.274 e. The fraction of sp³-hybridized carbons (Fsp3) is 0.222. The molecule has 4 nitrogen and oxygen atoms in total. The normalized spacial score (nSPS) is 15.2. The number of piperazine rings is 1. The summed E-state index contributed by atoms with van der Waals surface area (Å²) in [6.45, 7) is 3.11. The fourth-order valence-corrected chi connectivity index (χ4v) is 2.83. The molecule has 118 valence electrons. The molecular weight excluding hydrogens is 310 g/mol. The average Bonchev–Trinajstić information content (AvgIpc) is 2.61.